The molecule has 1 aliphatic rings. The van der Waals surface area contributed by atoms with Crippen LogP contribution in [0.25, 0.3) is 0 Å². The SMILES string of the molecule is CCC(=O)N1CC(NS(=O)(=O)C(F)(F)F)C1. The van der Waals surface area contributed by atoms with Gasteiger partial charge in [0, 0.05) is 19.5 Å². The van der Waals surface area contributed by atoms with E-state index in [2.05, 4.69) is 0 Å². The number of nitrogens with zero attached hydrogens (tertiary/aromatic N) is 1. The molecule has 16 heavy (non-hydrogen) atoms. The minimum absolute atomic E-state index is 0.0119. The Labute approximate surface area is 90.7 Å². The molecule has 0 atom stereocenters. The number of hydrogen-bond acceptors (Lipinski definition) is 3. The van der Waals surface area contributed by atoms with Crippen LogP contribution < -0.4 is 4.72 Å². The summed E-state index contributed by atoms with van der Waals surface area (Å²) in [5, 5.41) is 0. The highest BCUT2D eigenvalue weighted by molar-refractivity contribution is 7.90. The second kappa shape index (κ2) is 4.21. The standard InChI is InChI=1S/C7H11F3N2O3S/c1-2-6(13)12-3-5(4-12)11-16(14,15)7(8,9)10/h5,11H,2-4H2,1H3. The predicted octanol–water partition coefficient (Wildman–Crippen LogP) is 0.0464. The third-order valence-corrected chi connectivity index (χ3v) is 3.42. The van der Waals surface area contributed by atoms with E-state index < -0.39 is 21.6 Å². The number of carbonyl (C=O) groups excluding carboxylic acids is 1. The monoisotopic (exact) mass is 260 g/mol. The first-order valence-electron chi connectivity index (χ1n) is 4.53. The molecule has 0 unspecified atom stereocenters. The third-order valence-electron chi connectivity index (χ3n) is 2.16. The lowest BCUT2D eigenvalue weighted by atomic mass is 10.1. The molecule has 5 nitrogen and oxygen atoms in total. The maximum Gasteiger partial charge on any atom is 0.511 e. The first-order valence-corrected chi connectivity index (χ1v) is 6.02. The predicted molar refractivity (Wildman–Crippen MR) is 48.8 cm³/mol. The minimum Gasteiger partial charge on any atom is -0.339 e. The van der Waals surface area contributed by atoms with Crippen molar-refractivity contribution in [3.63, 3.8) is 0 Å². The van der Waals surface area contributed by atoms with E-state index in [0.717, 1.165) is 0 Å². The number of sulfonamides is 1. The molecule has 0 spiro atoms. The Morgan fingerprint density at radius 2 is 1.94 bits per heavy atom. The number of hydrogen-bond donors (Lipinski definition) is 1. The van der Waals surface area contributed by atoms with Crippen molar-refractivity contribution in [1.82, 2.24) is 9.62 Å². The molecule has 1 aliphatic heterocycles. The second-order valence-corrected chi connectivity index (χ2v) is 5.12. The number of carbonyl (C=O) groups is 1. The molecular weight excluding hydrogens is 249 g/mol. The summed E-state index contributed by atoms with van der Waals surface area (Å²) in [5.74, 6) is -0.206. The molecule has 0 saturated carbocycles. The lowest BCUT2D eigenvalue weighted by Gasteiger charge is -2.39. The Kier molecular flexibility index (Phi) is 3.48. The lowest BCUT2D eigenvalue weighted by molar-refractivity contribution is -0.135. The molecule has 0 aliphatic carbocycles. The molecule has 1 rings (SSSR count). The highest BCUT2D eigenvalue weighted by Gasteiger charge is 2.48. The summed E-state index contributed by atoms with van der Waals surface area (Å²) < 4.78 is 58.7. The fraction of sp³-hybridized carbons (Fsp3) is 0.857. The van der Waals surface area contributed by atoms with Crippen molar-refractivity contribution in [2.45, 2.75) is 24.9 Å². The van der Waals surface area contributed by atoms with Crippen LogP contribution in [0.4, 0.5) is 13.2 Å². The van der Waals surface area contributed by atoms with Crippen molar-refractivity contribution in [3.05, 3.63) is 0 Å². The van der Waals surface area contributed by atoms with Gasteiger partial charge >= 0.3 is 15.5 Å². The molecule has 0 aromatic rings. The van der Waals surface area contributed by atoms with Crippen LogP contribution in [0.15, 0.2) is 0 Å². The van der Waals surface area contributed by atoms with E-state index in [0.29, 0.717) is 0 Å². The zero-order valence-electron chi connectivity index (χ0n) is 8.41. The van der Waals surface area contributed by atoms with Gasteiger partial charge in [-0.3, -0.25) is 4.79 Å². The Hall–Kier alpha value is -0.830. The van der Waals surface area contributed by atoms with Crippen molar-refractivity contribution in [2.24, 2.45) is 0 Å². The van der Waals surface area contributed by atoms with Crippen LogP contribution in [0, 0.1) is 0 Å². The maximum absolute atomic E-state index is 11.9. The van der Waals surface area contributed by atoms with Gasteiger partial charge in [0.2, 0.25) is 5.91 Å². The first-order chi connectivity index (χ1) is 7.17. The molecule has 1 amide bonds. The lowest BCUT2D eigenvalue weighted by Crippen LogP contribution is -2.62. The van der Waals surface area contributed by atoms with Crippen LogP contribution in [0.5, 0.6) is 0 Å². The Morgan fingerprint density at radius 3 is 2.31 bits per heavy atom. The van der Waals surface area contributed by atoms with E-state index >= 15 is 0 Å². The summed E-state index contributed by atoms with van der Waals surface area (Å²) in [7, 11) is -5.30. The fourth-order valence-electron chi connectivity index (χ4n) is 1.27. The molecule has 1 fully saturated rings. The van der Waals surface area contributed by atoms with E-state index in [4.69, 9.17) is 0 Å². The van der Waals surface area contributed by atoms with Crippen LogP contribution >= 0.6 is 0 Å². The van der Waals surface area contributed by atoms with Crippen molar-refractivity contribution in [3.8, 4) is 0 Å². The van der Waals surface area contributed by atoms with Crippen LogP contribution in [-0.2, 0) is 14.8 Å². The first kappa shape index (κ1) is 13.2. The van der Waals surface area contributed by atoms with Gasteiger partial charge in [0.25, 0.3) is 0 Å². The average Bonchev–Trinajstić information content (AvgIpc) is 2.07. The molecule has 1 saturated heterocycles. The van der Waals surface area contributed by atoms with Gasteiger partial charge in [-0.15, -0.1) is 0 Å². The van der Waals surface area contributed by atoms with Crippen LogP contribution in [0.1, 0.15) is 13.3 Å². The highest BCUT2D eigenvalue weighted by Crippen LogP contribution is 2.23. The highest BCUT2D eigenvalue weighted by atomic mass is 32.2. The summed E-state index contributed by atoms with van der Waals surface area (Å²) in [6.07, 6.45) is 0.249. The number of nitrogens with one attached hydrogen (secondary N) is 1. The Bertz CT molecular complexity index is 373. The topological polar surface area (TPSA) is 66.5 Å². The van der Waals surface area contributed by atoms with E-state index in [1.165, 1.54) is 9.62 Å². The van der Waals surface area contributed by atoms with Gasteiger partial charge in [0.05, 0.1) is 6.04 Å². The smallest absolute Gasteiger partial charge is 0.339 e. The summed E-state index contributed by atoms with van der Waals surface area (Å²) >= 11 is 0. The normalized spacial score (nSPS) is 18.4. The number of likely N-dealkylation sites (tertiary alicyclic amines) is 1. The zero-order valence-corrected chi connectivity index (χ0v) is 9.23. The molecule has 0 radical (unpaired) electrons. The third kappa shape index (κ3) is 2.64. The summed E-state index contributed by atoms with van der Waals surface area (Å²) in [5.41, 5.74) is -5.30. The van der Waals surface area contributed by atoms with Crippen molar-refractivity contribution in [2.75, 3.05) is 13.1 Å². The second-order valence-electron chi connectivity index (χ2n) is 3.42. The van der Waals surface area contributed by atoms with E-state index in [1.54, 1.807) is 6.92 Å². The molecule has 0 aromatic heterocycles. The summed E-state index contributed by atoms with van der Waals surface area (Å²) in [6, 6.07) is -0.845. The zero-order chi connectivity index (χ0) is 12.6. The molecule has 1 N–H and O–H groups in total. The van der Waals surface area contributed by atoms with Gasteiger partial charge in [-0.2, -0.15) is 13.2 Å². The molecule has 1 heterocycles. The molecular formula is C7H11F3N2O3S. The van der Waals surface area contributed by atoms with Crippen molar-refractivity contribution in [1.29, 1.82) is 0 Å². The Balaban J connectivity index is 2.47. The largest absolute Gasteiger partial charge is 0.511 e. The maximum atomic E-state index is 11.9. The van der Waals surface area contributed by atoms with Gasteiger partial charge in [0.15, 0.2) is 0 Å². The van der Waals surface area contributed by atoms with Gasteiger partial charge in [0.1, 0.15) is 0 Å². The van der Waals surface area contributed by atoms with E-state index in [9.17, 15) is 26.4 Å². The number of alkyl halides is 3. The fourth-order valence-corrected chi connectivity index (χ4v) is 1.99. The molecule has 0 aromatic carbocycles. The Morgan fingerprint density at radius 1 is 1.44 bits per heavy atom. The molecule has 9 heteroatoms. The average molecular weight is 260 g/mol. The van der Waals surface area contributed by atoms with Gasteiger partial charge < -0.3 is 4.90 Å². The van der Waals surface area contributed by atoms with Crippen LogP contribution in [0.3, 0.4) is 0 Å². The van der Waals surface area contributed by atoms with Gasteiger partial charge in [-0.1, -0.05) is 6.92 Å². The number of amides is 1. The summed E-state index contributed by atoms with van der Waals surface area (Å²) in [4.78, 5) is 12.3. The molecule has 94 valence electrons. The van der Waals surface area contributed by atoms with Crippen molar-refractivity contribution >= 4 is 15.9 Å². The van der Waals surface area contributed by atoms with Crippen LogP contribution in [0.2, 0.25) is 0 Å². The number of rotatable bonds is 3. The van der Waals surface area contributed by atoms with Gasteiger partial charge in [-0.05, 0) is 0 Å². The van der Waals surface area contributed by atoms with Crippen LogP contribution in [-0.4, -0.2) is 43.9 Å². The van der Waals surface area contributed by atoms with Gasteiger partial charge in [-0.25, -0.2) is 13.1 Å². The number of halogens is 3. The quantitative estimate of drug-likeness (QED) is 0.779. The molecule has 0 bridgehead atoms. The van der Waals surface area contributed by atoms with E-state index in [-0.39, 0.29) is 25.4 Å². The van der Waals surface area contributed by atoms with E-state index in [1.807, 2.05) is 0 Å². The summed E-state index contributed by atoms with van der Waals surface area (Å²) in [6.45, 7) is 1.60. The van der Waals surface area contributed by atoms with Crippen molar-refractivity contribution < 1.29 is 26.4 Å². The minimum atomic E-state index is -5.30.